The maximum Gasteiger partial charge on any atom is 0.260 e. The van der Waals surface area contributed by atoms with Crippen molar-refractivity contribution < 1.29 is 8.42 Å². The van der Waals surface area contributed by atoms with Crippen LogP contribution in [0.25, 0.3) is 0 Å². The minimum atomic E-state index is -3.46. The van der Waals surface area contributed by atoms with Crippen molar-refractivity contribution in [1.82, 2.24) is 19.8 Å². The Labute approximate surface area is 121 Å². The summed E-state index contributed by atoms with van der Waals surface area (Å²) in [4.78, 5) is 0. The molecule has 6 nitrogen and oxygen atoms in total. The second-order valence-corrected chi connectivity index (χ2v) is 8.03. The minimum Gasteiger partial charge on any atom is -0.313 e. The van der Waals surface area contributed by atoms with Gasteiger partial charge >= 0.3 is 0 Å². The summed E-state index contributed by atoms with van der Waals surface area (Å²) >= 11 is 0. The molecule has 2 N–H and O–H groups in total. The molecular weight excluding hydrogens is 276 g/mol. The van der Waals surface area contributed by atoms with Gasteiger partial charge in [0.1, 0.15) is 0 Å². The molecule has 0 radical (unpaired) electrons. The lowest BCUT2D eigenvalue weighted by atomic mass is 9.93. The number of hydrogen-bond acceptors (Lipinski definition) is 4. The van der Waals surface area contributed by atoms with Crippen molar-refractivity contribution in [3.8, 4) is 0 Å². The number of hydrogen-bond donors (Lipinski definition) is 2. The van der Waals surface area contributed by atoms with E-state index in [1.165, 1.54) is 0 Å². The Morgan fingerprint density at radius 2 is 2.25 bits per heavy atom. The van der Waals surface area contributed by atoms with Crippen LogP contribution in [0.5, 0.6) is 0 Å². The summed E-state index contributed by atoms with van der Waals surface area (Å²) < 4.78 is 26.9. The van der Waals surface area contributed by atoms with E-state index in [4.69, 9.17) is 0 Å². The molecule has 2 rings (SSSR count). The van der Waals surface area contributed by atoms with E-state index in [0.717, 1.165) is 19.4 Å². The molecule has 1 saturated heterocycles. The molecule has 0 bridgehead atoms. The van der Waals surface area contributed by atoms with Crippen LogP contribution in [0.3, 0.4) is 0 Å². The Kier molecular flexibility index (Phi) is 4.51. The molecule has 0 unspecified atom stereocenters. The lowest BCUT2D eigenvalue weighted by molar-refractivity contribution is 0.374. The summed E-state index contributed by atoms with van der Waals surface area (Å²) in [5, 5.41) is 10.0. The fraction of sp³-hybridized carbons (Fsp3) is 0.769. The molecule has 1 aliphatic heterocycles. The molecule has 20 heavy (non-hydrogen) atoms. The third-order valence-electron chi connectivity index (χ3n) is 3.66. The third-order valence-corrected chi connectivity index (χ3v) is 5.52. The van der Waals surface area contributed by atoms with E-state index in [2.05, 4.69) is 36.3 Å². The molecule has 0 aromatic carbocycles. The van der Waals surface area contributed by atoms with Gasteiger partial charge in [-0.15, -0.1) is 0 Å². The highest BCUT2D eigenvalue weighted by Crippen LogP contribution is 2.32. The smallest absolute Gasteiger partial charge is 0.260 e. The highest BCUT2D eigenvalue weighted by Gasteiger charge is 2.38. The van der Waals surface area contributed by atoms with E-state index in [9.17, 15) is 8.42 Å². The van der Waals surface area contributed by atoms with Crippen molar-refractivity contribution in [2.45, 2.75) is 45.2 Å². The molecule has 1 aromatic heterocycles. The normalized spacial score (nSPS) is 19.6. The van der Waals surface area contributed by atoms with Gasteiger partial charge in [-0.3, -0.25) is 5.10 Å². The lowest BCUT2D eigenvalue weighted by Crippen LogP contribution is -2.31. The van der Waals surface area contributed by atoms with Crippen molar-refractivity contribution >= 4 is 10.0 Å². The Morgan fingerprint density at radius 1 is 1.50 bits per heavy atom. The second-order valence-electron chi connectivity index (χ2n) is 6.15. The van der Waals surface area contributed by atoms with Crippen molar-refractivity contribution in [3.05, 3.63) is 11.8 Å². The van der Waals surface area contributed by atoms with E-state index in [0.29, 0.717) is 25.2 Å². The molecule has 1 fully saturated rings. The summed E-state index contributed by atoms with van der Waals surface area (Å²) in [7, 11) is -3.46. The summed E-state index contributed by atoms with van der Waals surface area (Å²) in [6.07, 6.45) is 3.50. The Balaban J connectivity index is 2.16. The van der Waals surface area contributed by atoms with Gasteiger partial charge in [0.2, 0.25) is 0 Å². The topological polar surface area (TPSA) is 78.1 Å². The van der Waals surface area contributed by atoms with Gasteiger partial charge in [-0.2, -0.15) is 9.40 Å². The lowest BCUT2D eigenvalue weighted by Gasteiger charge is -2.19. The molecular formula is C13H24N4O2S. The number of nitrogens with one attached hydrogen (secondary N) is 2. The van der Waals surface area contributed by atoms with Crippen LogP contribution in [0.4, 0.5) is 0 Å². The maximum absolute atomic E-state index is 12.7. The van der Waals surface area contributed by atoms with Crippen LogP contribution >= 0.6 is 0 Å². The van der Waals surface area contributed by atoms with Gasteiger partial charge in [-0.1, -0.05) is 20.8 Å². The van der Waals surface area contributed by atoms with E-state index in [1.807, 2.05) is 0 Å². The first-order chi connectivity index (χ1) is 9.37. The van der Waals surface area contributed by atoms with Gasteiger partial charge in [-0.05, 0) is 24.8 Å². The molecule has 2 heterocycles. The Hall–Kier alpha value is -0.920. The quantitative estimate of drug-likeness (QED) is 0.777. The minimum absolute atomic E-state index is 0.0493. The molecule has 0 amide bonds. The average Bonchev–Trinajstić information content (AvgIpc) is 2.96. The Morgan fingerprint density at radius 3 is 2.85 bits per heavy atom. The van der Waals surface area contributed by atoms with E-state index >= 15 is 0 Å². The summed E-state index contributed by atoms with van der Waals surface area (Å²) in [5.74, 6) is 0. The molecule has 1 aromatic rings. The maximum atomic E-state index is 12.7. The summed E-state index contributed by atoms with van der Waals surface area (Å²) in [5.41, 5.74) is 0.761. The third kappa shape index (κ3) is 3.21. The van der Waals surface area contributed by atoms with Crippen LogP contribution < -0.4 is 5.32 Å². The fourth-order valence-corrected chi connectivity index (χ4v) is 4.18. The van der Waals surface area contributed by atoms with Crippen LogP contribution in [-0.2, 0) is 16.6 Å². The molecule has 114 valence electrons. The number of aromatic amines is 1. The average molecular weight is 300 g/mol. The number of nitrogens with zero attached hydrogens (tertiary/aromatic N) is 2. The van der Waals surface area contributed by atoms with E-state index < -0.39 is 10.0 Å². The highest BCUT2D eigenvalue weighted by atomic mass is 32.2. The molecule has 0 saturated carbocycles. The standard InChI is InChI=1S/C13H24N4O2S/c1-4-6-14-8-11-9-15-16-12(11)20(18,19)17-7-5-13(2,3)10-17/h9,14H,4-8,10H2,1-3H3,(H,15,16). The van der Waals surface area contributed by atoms with Crippen molar-refractivity contribution in [2.24, 2.45) is 5.41 Å². The molecule has 7 heteroatoms. The number of H-pyrrole nitrogens is 1. The van der Waals surface area contributed by atoms with Crippen LogP contribution in [0.2, 0.25) is 0 Å². The van der Waals surface area contributed by atoms with Gasteiger partial charge in [0.15, 0.2) is 5.03 Å². The fourth-order valence-electron chi connectivity index (χ4n) is 2.45. The number of rotatable bonds is 6. The first-order valence-corrected chi connectivity index (χ1v) is 8.54. The molecule has 0 aliphatic carbocycles. The van der Waals surface area contributed by atoms with Crippen molar-refractivity contribution in [1.29, 1.82) is 0 Å². The van der Waals surface area contributed by atoms with Gasteiger partial charge in [0.25, 0.3) is 10.0 Å². The van der Waals surface area contributed by atoms with Gasteiger partial charge < -0.3 is 5.32 Å². The van der Waals surface area contributed by atoms with Gasteiger partial charge in [0, 0.05) is 25.2 Å². The van der Waals surface area contributed by atoms with Crippen LogP contribution in [0.15, 0.2) is 11.2 Å². The zero-order valence-electron chi connectivity index (χ0n) is 12.4. The van der Waals surface area contributed by atoms with Gasteiger partial charge in [0.05, 0.1) is 6.20 Å². The zero-order chi connectivity index (χ0) is 14.8. The van der Waals surface area contributed by atoms with Gasteiger partial charge in [-0.25, -0.2) is 8.42 Å². The summed E-state index contributed by atoms with van der Waals surface area (Å²) in [6, 6.07) is 0. The summed E-state index contributed by atoms with van der Waals surface area (Å²) in [6.45, 7) is 8.80. The monoisotopic (exact) mass is 300 g/mol. The van der Waals surface area contributed by atoms with Crippen LogP contribution in [0.1, 0.15) is 39.2 Å². The SMILES string of the molecule is CCCNCc1cn[nH]c1S(=O)(=O)N1CCC(C)(C)C1. The number of sulfonamides is 1. The van der Waals surface area contributed by atoms with Crippen LogP contribution in [0, 0.1) is 5.41 Å². The van der Waals surface area contributed by atoms with Crippen LogP contribution in [-0.4, -0.2) is 42.6 Å². The zero-order valence-corrected chi connectivity index (χ0v) is 13.3. The first kappa shape index (κ1) is 15.5. The number of aromatic nitrogens is 2. The predicted octanol–water partition coefficient (Wildman–Crippen LogP) is 1.33. The largest absolute Gasteiger partial charge is 0.313 e. The second kappa shape index (κ2) is 5.83. The Bertz CT molecular complexity index is 550. The van der Waals surface area contributed by atoms with E-state index in [1.54, 1.807) is 10.5 Å². The van der Waals surface area contributed by atoms with E-state index in [-0.39, 0.29) is 10.4 Å². The molecule has 0 spiro atoms. The van der Waals surface area contributed by atoms with Crippen molar-refractivity contribution in [3.63, 3.8) is 0 Å². The highest BCUT2D eigenvalue weighted by molar-refractivity contribution is 7.89. The van der Waals surface area contributed by atoms with Crippen molar-refractivity contribution in [2.75, 3.05) is 19.6 Å². The first-order valence-electron chi connectivity index (χ1n) is 7.10. The predicted molar refractivity (Wildman–Crippen MR) is 77.7 cm³/mol. The molecule has 0 atom stereocenters. The molecule has 1 aliphatic rings.